The van der Waals surface area contributed by atoms with Crippen molar-refractivity contribution in [1.29, 1.82) is 0 Å². The highest BCUT2D eigenvalue weighted by molar-refractivity contribution is 5.81. The van der Waals surface area contributed by atoms with Gasteiger partial charge < -0.3 is 14.6 Å². The van der Waals surface area contributed by atoms with E-state index in [1.54, 1.807) is 6.92 Å². The highest BCUT2D eigenvalue weighted by Crippen LogP contribution is 2.28. The fourth-order valence-electron chi connectivity index (χ4n) is 3.03. The normalized spacial score (nSPS) is 20.2. The van der Waals surface area contributed by atoms with Gasteiger partial charge in [0.1, 0.15) is 6.04 Å². The molecule has 1 aromatic carbocycles. The number of likely N-dealkylation sites (tertiary alicyclic amines) is 1. The molecule has 1 aromatic rings. The molecule has 0 aromatic heterocycles. The van der Waals surface area contributed by atoms with Crippen molar-refractivity contribution in [2.45, 2.75) is 45.4 Å². The van der Waals surface area contributed by atoms with Gasteiger partial charge in [0.2, 0.25) is 6.29 Å². The molecule has 1 N–H and O–H groups in total. The van der Waals surface area contributed by atoms with Crippen LogP contribution in [0.4, 0.5) is 13.6 Å². The summed E-state index contributed by atoms with van der Waals surface area (Å²) < 4.78 is 37.0. The Kier molecular flexibility index (Phi) is 6.70. The zero-order valence-corrected chi connectivity index (χ0v) is 15.0. The van der Waals surface area contributed by atoms with Crippen molar-refractivity contribution < 1.29 is 37.7 Å². The number of hydrogen-bond acceptors (Lipinski definition) is 5. The molecule has 0 radical (unpaired) electrons. The third-order valence-electron chi connectivity index (χ3n) is 4.30. The molecule has 148 valence electrons. The first-order chi connectivity index (χ1) is 12.7. The first-order valence-corrected chi connectivity index (χ1v) is 8.55. The fraction of sp³-hybridized carbons (Fsp3) is 0.500. The van der Waals surface area contributed by atoms with E-state index in [0.717, 1.165) is 11.0 Å². The number of nitrogens with zero attached hydrogens (tertiary/aromatic N) is 1. The molecule has 27 heavy (non-hydrogen) atoms. The van der Waals surface area contributed by atoms with Gasteiger partial charge in [-0.3, -0.25) is 9.69 Å². The van der Waals surface area contributed by atoms with Crippen molar-refractivity contribution in [3.63, 3.8) is 0 Å². The number of benzene rings is 1. The van der Waals surface area contributed by atoms with Crippen molar-refractivity contribution in [3.8, 4) is 0 Å². The first-order valence-electron chi connectivity index (χ1n) is 8.55. The maximum atomic E-state index is 13.8. The van der Waals surface area contributed by atoms with Crippen LogP contribution in [0.15, 0.2) is 18.2 Å². The van der Waals surface area contributed by atoms with Crippen LogP contribution in [0.2, 0.25) is 0 Å². The summed E-state index contributed by atoms with van der Waals surface area (Å²) in [5, 5.41) is 9.36. The minimum atomic E-state index is -1.23. The molecule has 0 bridgehead atoms. The molecule has 1 saturated heterocycles. The summed E-state index contributed by atoms with van der Waals surface area (Å²) in [5.41, 5.74) is 0.115. The Morgan fingerprint density at radius 3 is 2.63 bits per heavy atom. The van der Waals surface area contributed by atoms with Gasteiger partial charge in [0.15, 0.2) is 11.6 Å². The van der Waals surface area contributed by atoms with Gasteiger partial charge in [0.05, 0.1) is 0 Å². The number of esters is 1. The minimum absolute atomic E-state index is 0.000196. The molecule has 1 aliphatic rings. The van der Waals surface area contributed by atoms with E-state index in [0.29, 0.717) is 0 Å². The number of halogens is 2. The summed E-state index contributed by atoms with van der Waals surface area (Å²) >= 11 is 0. The van der Waals surface area contributed by atoms with Gasteiger partial charge in [0, 0.05) is 19.9 Å². The van der Waals surface area contributed by atoms with Crippen LogP contribution in [0.1, 0.15) is 32.3 Å². The predicted molar refractivity (Wildman–Crippen MR) is 88.6 cm³/mol. The molecule has 2 rings (SSSR count). The first kappa shape index (κ1) is 20.6. The molecule has 7 nitrogen and oxygen atoms in total. The smallest absolute Gasteiger partial charge is 0.413 e. The Labute approximate surface area is 154 Å². The van der Waals surface area contributed by atoms with Crippen LogP contribution >= 0.6 is 0 Å². The fourth-order valence-corrected chi connectivity index (χ4v) is 3.03. The Morgan fingerprint density at radius 2 is 2.00 bits per heavy atom. The number of hydrogen-bond donors (Lipinski definition) is 1. The molecule has 3 atom stereocenters. The highest BCUT2D eigenvalue weighted by atomic mass is 19.2. The topological polar surface area (TPSA) is 93.1 Å². The minimum Gasteiger partial charge on any atom is -0.480 e. The van der Waals surface area contributed by atoms with Crippen molar-refractivity contribution >= 4 is 18.0 Å². The number of amides is 1. The standard InChI is InChI=1S/C18H21F2NO6/c1-3-15(22)26-10(2)27-18(25)21-9-11(8-14(21)17(23)24)7-12-5-4-6-13(19)16(12)20/h4-6,10-11,14H,3,7-9H2,1-2H3,(H,23,24)/t10-,11-,14-/m0/s1. The van der Waals surface area contributed by atoms with E-state index in [9.17, 15) is 28.3 Å². The van der Waals surface area contributed by atoms with Crippen LogP contribution in [-0.2, 0) is 25.5 Å². The lowest BCUT2D eigenvalue weighted by Crippen LogP contribution is -2.42. The summed E-state index contributed by atoms with van der Waals surface area (Å²) in [6, 6.07) is 2.62. The molecule has 1 aliphatic heterocycles. The molecule has 1 heterocycles. The van der Waals surface area contributed by atoms with Crippen LogP contribution in [0.25, 0.3) is 0 Å². The van der Waals surface area contributed by atoms with Gasteiger partial charge in [0.25, 0.3) is 0 Å². The molecular weight excluding hydrogens is 364 g/mol. The Bertz CT molecular complexity index is 726. The van der Waals surface area contributed by atoms with Crippen molar-refractivity contribution in [3.05, 3.63) is 35.4 Å². The SMILES string of the molecule is CCC(=O)O[C@H](C)OC(=O)N1C[C@@H](Cc2cccc(F)c2F)C[C@H]1C(=O)O. The maximum absolute atomic E-state index is 13.8. The molecule has 0 spiro atoms. The molecular formula is C18H21F2NO6. The molecule has 0 unspecified atom stereocenters. The van der Waals surface area contributed by atoms with E-state index in [1.165, 1.54) is 19.1 Å². The molecule has 1 fully saturated rings. The van der Waals surface area contributed by atoms with E-state index in [4.69, 9.17) is 9.47 Å². The highest BCUT2D eigenvalue weighted by Gasteiger charge is 2.41. The monoisotopic (exact) mass is 385 g/mol. The summed E-state index contributed by atoms with van der Waals surface area (Å²) in [7, 11) is 0. The second-order valence-corrected chi connectivity index (χ2v) is 6.32. The summed E-state index contributed by atoms with van der Waals surface area (Å²) in [5.74, 6) is -4.14. The van der Waals surface area contributed by atoms with E-state index >= 15 is 0 Å². The summed E-state index contributed by atoms with van der Waals surface area (Å²) in [4.78, 5) is 36.0. The van der Waals surface area contributed by atoms with Crippen LogP contribution in [0, 0.1) is 17.6 Å². The number of aliphatic carboxylic acids is 1. The number of ether oxygens (including phenoxy) is 2. The van der Waals surface area contributed by atoms with Gasteiger partial charge in [-0.25, -0.2) is 18.4 Å². The second-order valence-electron chi connectivity index (χ2n) is 6.32. The van der Waals surface area contributed by atoms with Gasteiger partial charge >= 0.3 is 18.0 Å². The average Bonchev–Trinajstić information content (AvgIpc) is 3.03. The molecule has 0 aliphatic carbocycles. The van der Waals surface area contributed by atoms with Gasteiger partial charge in [-0.05, 0) is 30.4 Å². The van der Waals surface area contributed by atoms with E-state index in [1.807, 2.05) is 0 Å². The van der Waals surface area contributed by atoms with Gasteiger partial charge in [-0.1, -0.05) is 19.1 Å². The number of carboxylic acids is 1. The van der Waals surface area contributed by atoms with Crippen LogP contribution in [0.3, 0.4) is 0 Å². The lowest BCUT2D eigenvalue weighted by molar-refractivity contribution is -0.166. The van der Waals surface area contributed by atoms with E-state index in [2.05, 4.69) is 0 Å². The second kappa shape index (κ2) is 8.79. The lowest BCUT2D eigenvalue weighted by Gasteiger charge is -2.23. The maximum Gasteiger partial charge on any atom is 0.413 e. The van der Waals surface area contributed by atoms with Crippen LogP contribution < -0.4 is 0 Å². The molecule has 1 amide bonds. The largest absolute Gasteiger partial charge is 0.480 e. The number of carbonyl (C=O) groups excluding carboxylic acids is 2. The van der Waals surface area contributed by atoms with Gasteiger partial charge in [-0.2, -0.15) is 0 Å². The molecule has 9 heteroatoms. The van der Waals surface area contributed by atoms with Crippen LogP contribution in [0.5, 0.6) is 0 Å². The van der Waals surface area contributed by atoms with Crippen molar-refractivity contribution in [1.82, 2.24) is 4.90 Å². The Hall–Kier alpha value is -2.71. The number of carbonyl (C=O) groups is 3. The number of rotatable bonds is 6. The quantitative estimate of drug-likeness (QED) is 0.598. The zero-order chi connectivity index (χ0) is 20.1. The summed E-state index contributed by atoms with van der Waals surface area (Å²) in [6.45, 7) is 2.92. The Balaban J connectivity index is 2.05. The van der Waals surface area contributed by atoms with Crippen molar-refractivity contribution in [2.75, 3.05) is 6.54 Å². The van der Waals surface area contributed by atoms with Crippen LogP contribution in [-0.4, -0.2) is 46.9 Å². The predicted octanol–water partition coefficient (Wildman–Crippen LogP) is 2.72. The van der Waals surface area contributed by atoms with E-state index < -0.39 is 42.0 Å². The van der Waals surface area contributed by atoms with E-state index in [-0.39, 0.29) is 37.3 Å². The third-order valence-corrected chi connectivity index (χ3v) is 4.30. The summed E-state index contributed by atoms with van der Waals surface area (Å²) in [6.07, 6.45) is -1.86. The third kappa shape index (κ3) is 5.15. The average molecular weight is 385 g/mol. The zero-order valence-electron chi connectivity index (χ0n) is 15.0. The molecule has 0 saturated carbocycles. The van der Waals surface area contributed by atoms with Crippen molar-refractivity contribution in [2.24, 2.45) is 5.92 Å². The van der Waals surface area contributed by atoms with Gasteiger partial charge in [-0.15, -0.1) is 0 Å². The Morgan fingerprint density at radius 1 is 1.30 bits per heavy atom. The number of carboxylic acid groups (broad SMARTS) is 1. The lowest BCUT2D eigenvalue weighted by atomic mass is 9.96.